The summed E-state index contributed by atoms with van der Waals surface area (Å²) in [7, 11) is -16.6. The number of aromatic nitrogens is 4. The first-order valence-electron chi connectivity index (χ1n) is 9.06. The van der Waals surface area contributed by atoms with Crippen molar-refractivity contribution in [2.75, 3.05) is 5.73 Å². The number of nitrogens with zero attached hydrogens (tertiary/aromatic N) is 4. The highest BCUT2D eigenvalue weighted by atomic mass is 31.3. The van der Waals surface area contributed by atoms with Crippen molar-refractivity contribution in [2.24, 2.45) is 5.92 Å². The minimum absolute atomic E-state index is 0.0991. The van der Waals surface area contributed by atoms with Gasteiger partial charge in [-0.25, -0.2) is 28.6 Å². The lowest BCUT2D eigenvalue weighted by molar-refractivity contribution is -0.0957. The van der Waals surface area contributed by atoms with Crippen LogP contribution in [0.5, 0.6) is 0 Å². The Balaban J connectivity index is 1.81. The van der Waals surface area contributed by atoms with Crippen LogP contribution >= 0.6 is 23.5 Å². The molecule has 3 heterocycles. The van der Waals surface area contributed by atoms with Crippen molar-refractivity contribution in [3.63, 3.8) is 0 Å². The fourth-order valence-corrected chi connectivity index (χ4v) is 6.64. The third-order valence-corrected chi connectivity index (χ3v) is 8.94. The Morgan fingerprint density at radius 3 is 2.39 bits per heavy atom. The van der Waals surface area contributed by atoms with Gasteiger partial charge in [-0.2, -0.15) is 8.62 Å². The lowest BCUT2D eigenvalue weighted by Crippen LogP contribution is -2.40. The highest BCUT2D eigenvalue weighted by Crippen LogP contribution is 2.66. The topological polar surface area (TPSA) is 259 Å². The molecule has 3 rings (SSSR count). The van der Waals surface area contributed by atoms with Gasteiger partial charge in [0.05, 0.1) is 18.5 Å². The number of nitrogens with two attached hydrogens (primary N) is 1. The van der Waals surface area contributed by atoms with Gasteiger partial charge in [0.2, 0.25) is 0 Å². The number of imidazole rings is 1. The van der Waals surface area contributed by atoms with Crippen LogP contribution in [0, 0.1) is 5.92 Å². The number of rotatable bonds is 8. The zero-order valence-corrected chi connectivity index (χ0v) is 19.9. The molecule has 0 aromatic carbocycles. The molecule has 17 nitrogen and oxygen atoms in total. The third-order valence-electron chi connectivity index (χ3n) is 5.02. The van der Waals surface area contributed by atoms with Crippen molar-refractivity contribution < 1.29 is 56.3 Å². The van der Waals surface area contributed by atoms with Gasteiger partial charge in [0.25, 0.3) is 0 Å². The molecule has 1 aliphatic rings. The maximum atomic E-state index is 12.2. The van der Waals surface area contributed by atoms with Gasteiger partial charge < -0.3 is 35.2 Å². The lowest BCUT2D eigenvalue weighted by Gasteiger charge is -2.29. The second-order valence-electron chi connectivity index (χ2n) is 7.45. The summed E-state index contributed by atoms with van der Waals surface area (Å²) in [5.74, 6) is -0.650. The summed E-state index contributed by atoms with van der Waals surface area (Å²) in [6.45, 7) is 4.25. The highest BCUT2D eigenvalue weighted by molar-refractivity contribution is 7.66. The van der Waals surface area contributed by atoms with Crippen LogP contribution in [0.3, 0.4) is 0 Å². The molecule has 7 atom stereocenters. The highest BCUT2D eigenvalue weighted by Gasteiger charge is 2.54. The molecule has 33 heavy (non-hydrogen) atoms. The van der Waals surface area contributed by atoms with E-state index in [1.807, 2.05) is 0 Å². The first kappa shape index (κ1) is 26.3. The maximum Gasteiger partial charge on any atom is 0.490 e. The number of phosphoric ester groups is 1. The van der Waals surface area contributed by atoms with E-state index >= 15 is 0 Å². The number of aliphatic hydroxyl groups is 1. The van der Waals surface area contributed by atoms with Crippen LogP contribution in [0.1, 0.15) is 27.0 Å². The largest absolute Gasteiger partial charge is 0.490 e. The van der Waals surface area contributed by atoms with Crippen molar-refractivity contribution in [2.45, 2.75) is 44.8 Å². The van der Waals surface area contributed by atoms with Crippen LogP contribution < -0.4 is 5.73 Å². The fourth-order valence-electron chi connectivity index (χ4n) is 3.44. The van der Waals surface area contributed by atoms with Crippen LogP contribution in [-0.4, -0.2) is 62.0 Å². The zero-order valence-electron chi connectivity index (χ0n) is 17.3. The number of phosphoric acid groups is 3. The van der Waals surface area contributed by atoms with Crippen molar-refractivity contribution in [1.82, 2.24) is 19.5 Å². The molecule has 0 amide bonds. The van der Waals surface area contributed by atoms with Crippen molar-refractivity contribution in [3.05, 3.63) is 12.7 Å². The Hall–Kier alpha value is -1.32. The van der Waals surface area contributed by atoms with Crippen LogP contribution in [0.25, 0.3) is 11.2 Å². The molecule has 1 fully saturated rings. The predicted molar refractivity (Wildman–Crippen MR) is 108 cm³/mol. The molecule has 0 spiro atoms. The van der Waals surface area contributed by atoms with Gasteiger partial charge >= 0.3 is 23.5 Å². The maximum absolute atomic E-state index is 12.2. The average molecular weight is 533 g/mol. The van der Waals surface area contributed by atoms with Gasteiger partial charge in [0, 0.05) is 5.92 Å². The minimum Gasteiger partial charge on any atom is -0.385 e. The Morgan fingerprint density at radius 1 is 1.15 bits per heavy atom. The van der Waals surface area contributed by atoms with Gasteiger partial charge in [0.15, 0.2) is 17.7 Å². The lowest BCUT2D eigenvalue weighted by atomic mass is 9.86. The number of hydrogen-bond acceptors (Lipinski definition) is 12. The van der Waals surface area contributed by atoms with Crippen molar-refractivity contribution in [1.29, 1.82) is 0 Å². The Bertz CT molecular complexity index is 1180. The van der Waals surface area contributed by atoms with Gasteiger partial charge in [-0.15, -0.1) is 0 Å². The number of nitrogen functional groups attached to an aromatic ring is 1. The molecule has 0 bridgehead atoms. The van der Waals surface area contributed by atoms with Gasteiger partial charge in [-0.1, -0.05) is 6.92 Å². The molecular weight excluding hydrogens is 511 g/mol. The first-order chi connectivity index (χ1) is 14.9. The summed E-state index contributed by atoms with van der Waals surface area (Å²) in [5, 5.41) is 11.1. The number of fused-ring (bicyclic) bond motifs is 1. The van der Waals surface area contributed by atoms with Crippen LogP contribution in [0.4, 0.5) is 5.82 Å². The smallest absolute Gasteiger partial charge is 0.385 e. The first-order valence-corrected chi connectivity index (χ1v) is 13.6. The van der Waals surface area contributed by atoms with E-state index in [4.69, 9.17) is 24.8 Å². The second kappa shape index (κ2) is 8.72. The SMILES string of the molecule is C[C@H](OP(=O)(O)OP(=O)(O)OP(=O)(O)O)[C@H]1O[C@@H](n2cnc3c(N)ncnc32)[C@](C)(O)[C@@H]1C. The molecule has 0 aliphatic carbocycles. The van der Waals surface area contributed by atoms with Crippen LogP contribution in [0.2, 0.25) is 0 Å². The van der Waals surface area contributed by atoms with E-state index in [1.54, 1.807) is 6.92 Å². The molecule has 20 heteroatoms. The molecular formula is C13H22N5O12P3. The Morgan fingerprint density at radius 2 is 1.79 bits per heavy atom. The zero-order chi connectivity index (χ0) is 25.0. The predicted octanol–water partition coefficient (Wildman–Crippen LogP) is 0.425. The summed E-state index contributed by atoms with van der Waals surface area (Å²) < 4.78 is 53.9. The molecule has 2 aromatic rings. The molecule has 1 saturated heterocycles. The van der Waals surface area contributed by atoms with Crippen molar-refractivity contribution >= 4 is 40.4 Å². The number of ether oxygens (including phenoxy) is 1. The molecule has 0 saturated carbocycles. The third kappa shape index (κ3) is 5.68. The van der Waals surface area contributed by atoms with Gasteiger partial charge in [0.1, 0.15) is 17.4 Å². The monoisotopic (exact) mass is 533 g/mol. The van der Waals surface area contributed by atoms with Crippen LogP contribution in [0.15, 0.2) is 12.7 Å². The fraction of sp³-hybridized carbons (Fsp3) is 0.615. The van der Waals surface area contributed by atoms with E-state index in [-0.39, 0.29) is 17.0 Å². The van der Waals surface area contributed by atoms with E-state index in [1.165, 1.54) is 31.1 Å². The van der Waals surface area contributed by atoms with Crippen LogP contribution in [-0.2, 0) is 31.6 Å². The molecule has 186 valence electrons. The number of hydrogen-bond donors (Lipinski definition) is 6. The summed E-state index contributed by atoms with van der Waals surface area (Å²) >= 11 is 0. The van der Waals surface area contributed by atoms with Gasteiger partial charge in [-0.3, -0.25) is 9.09 Å². The minimum atomic E-state index is -5.68. The molecule has 2 unspecified atom stereocenters. The summed E-state index contributed by atoms with van der Waals surface area (Å²) in [5.41, 5.74) is 4.69. The molecule has 0 radical (unpaired) electrons. The van der Waals surface area contributed by atoms with E-state index in [9.17, 15) is 28.6 Å². The number of anilines is 1. The standard InChI is InChI=1S/C13H22N5O12P3/c1-6-9(7(2)28-32(23,24)30-33(25,26)29-31(20,21)22)27-12(13(6,3)19)18-5-17-8-10(14)15-4-16-11(8)18/h4-7,9,12,19H,1-3H3,(H,23,24)(H,25,26)(H2,14,15,16)(H2,20,21,22)/t6-,7+,9+,12-,13-/m1/s1. The average Bonchev–Trinajstić information content (AvgIpc) is 3.11. The quantitative estimate of drug-likeness (QED) is 0.251. The summed E-state index contributed by atoms with van der Waals surface area (Å²) in [4.78, 5) is 48.3. The van der Waals surface area contributed by atoms with Gasteiger partial charge in [-0.05, 0) is 13.8 Å². The normalized spacial score (nSPS) is 30.7. The molecule has 1 aliphatic heterocycles. The summed E-state index contributed by atoms with van der Waals surface area (Å²) in [6, 6.07) is 0. The van der Waals surface area contributed by atoms with E-state index in [2.05, 4.69) is 23.6 Å². The van der Waals surface area contributed by atoms with E-state index in [0.717, 1.165) is 0 Å². The van der Waals surface area contributed by atoms with E-state index < -0.39 is 53.4 Å². The van der Waals surface area contributed by atoms with Crippen molar-refractivity contribution in [3.8, 4) is 0 Å². The molecule has 2 aromatic heterocycles. The molecule has 7 N–H and O–H groups in total. The second-order valence-corrected chi connectivity index (χ2v) is 11.8. The Kier molecular flexibility index (Phi) is 6.94. The van der Waals surface area contributed by atoms with E-state index in [0.29, 0.717) is 0 Å². The summed E-state index contributed by atoms with van der Waals surface area (Å²) in [6.07, 6.45) is -1.01. The Labute approximate surface area is 186 Å².